The predicted octanol–water partition coefficient (Wildman–Crippen LogP) is 5.56. The standard InChI is InChI=1S/C24H24O4/c1-16-22(17-9-5-3-6-10-17)27-24(18-11-7-4-8-12-18)28-23(16)19-13-14-20(25)21(15-19)26-2/h3-16,22-25H,1-2H3/t16-,22+,23-,24-/m1/s1. The summed E-state index contributed by atoms with van der Waals surface area (Å²) in [6, 6.07) is 25.6. The second kappa shape index (κ2) is 8.05. The van der Waals surface area contributed by atoms with Crippen LogP contribution in [0.5, 0.6) is 11.5 Å². The minimum absolute atomic E-state index is 0.0663. The minimum Gasteiger partial charge on any atom is -0.504 e. The van der Waals surface area contributed by atoms with Gasteiger partial charge < -0.3 is 19.3 Å². The normalized spacial score (nSPS) is 24.6. The van der Waals surface area contributed by atoms with Crippen LogP contribution in [-0.2, 0) is 9.47 Å². The maximum Gasteiger partial charge on any atom is 0.185 e. The predicted molar refractivity (Wildman–Crippen MR) is 107 cm³/mol. The van der Waals surface area contributed by atoms with E-state index in [2.05, 4.69) is 19.1 Å². The molecule has 1 saturated heterocycles. The van der Waals surface area contributed by atoms with Crippen LogP contribution in [-0.4, -0.2) is 12.2 Å². The highest BCUT2D eigenvalue weighted by Gasteiger charge is 2.39. The molecule has 4 heteroatoms. The summed E-state index contributed by atoms with van der Waals surface area (Å²) in [6.45, 7) is 2.13. The molecule has 1 aliphatic rings. The molecule has 1 aliphatic heterocycles. The van der Waals surface area contributed by atoms with E-state index in [1.165, 1.54) is 0 Å². The van der Waals surface area contributed by atoms with Crippen molar-refractivity contribution >= 4 is 0 Å². The molecule has 0 bridgehead atoms. The van der Waals surface area contributed by atoms with Crippen LogP contribution < -0.4 is 4.74 Å². The van der Waals surface area contributed by atoms with Crippen molar-refractivity contribution < 1.29 is 19.3 Å². The van der Waals surface area contributed by atoms with Crippen LogP contribution in [0.4, 0.5) is 0 Å². The van der Waals surface area contributed by atoms with Gasteiger partial charge in [0.1, 0.15) is 0 Å². The zero-order chi connectivity index (χ0) is 19.5. The van der Waals surface area contributed by atoms with Crippen molar-refractivity contribution in [2.75, 3.05) is 7.11 Å². The third-order valence-electron chi connectivity index (χ3n) is 5.23. The zero-order valence-electron chi connectivity index (χ0n) is 16.0. The molecule has 0 unspecified atom stereocenters. The molecule has 4 rings (SSSR count). The fourth-order valence-corrected chi connectivity index (χ4v) is 3.75. The molecule has 0 saturated carbocycles. The highest BCUT2D eigenvalue weighted by molar-refractivity contribution is 5.43. The summed E-state index contributed by atoms with van der Waals surface area (Å²) in [5.41, 5.74) is 3.05. The number of ether oxygens (including phenoxy) is 3. The number of methoxy groups -OCH3 is 1. The smallest absolute Gasteiger partial charge is 0.185 e. The van der Waals surface area contributed by atoms with Gasteiger partial charge >= 0.3 is 0 Å². The number of hydrogen-bond donors (Lipinski definition) is 1. The van der Waals surface area contributed by atoms with Gasteiger partial charge in [-0.25, -0.2) is 0 Å². The Morgan fingerprint density at radius 1 is 0.750 bits per heavy atom. The first-order chi connectivity index (χ1) is 13.7. The fraction of sp³-hybridized carbons (Fsp3) is 0.250. The number of phenols is 1. The van der Waals surface area contributed by atoms with Crippen molar-refractivity contribution in [1.82, 2.24) is 0 Å². The Morgan fingerprint density at radius 2 is 1.32 bits per heavy atom. The van der Waals surface area contributed by atoms with E-state index in [1.807, 2.05) is 60.7 Å². The Morgan fingerprint density at radius 3 is 1.93 bits per heavy atom. The van der Waals surface area contributed by atoms with Crippen LogP contribution in [0, 0.1) is 5.92 Å². The largest absolute Gasteiger partial charge is 0.504 e. The molecule has 0 amide bonds. The van der Waals surface area contributed by atoms with Crippen molar-refractivity contribution in [3.63, 3.8) is 0 Å². The summed E-state index contributed by atoms with van der Waals surface area (Å²) in [6.07, 6.45) is -0.809. The van der Waals surface area contributed by atoms with Gasteiger partial charge in [0.2, 0.25) is 0 Å². The first kappa shape index (κ1) is 18.5. The molecular weight excluding hydrogens is 352 g/mol. The average molecular weight is 376 g/mol. The first-order valence-corrected chi connectivity index (χ1v) is 9.45. The van der Waals surface area contributed by atoms with Crippen LogP contribution in [0.3, 0.4) is 0 Å². The highest BCUT2D eigenvalue weighted by atomic mass is 16.7. The molecule has 1 heterocycles. The Labute approximate surface area is 165 Å². The van der Waals surface area contributed by atoms with Crippen molar-refractivity contribution in [1.29, 1.82) is 0 Å². The first-order valence-electron chi connectivity index (χ1n) is 9.45. The van der Waals surface area contributed by atoms with E-state index in [4.69, 9.17) is 14.2 Å². The van der Waals surface area contributed by atoms with E-state index in [-0.39, 0.29) is 23.9 Å². The van der Waals surface area contributed by atoms with Gasteiger partial charge in [0, 0.05) is 11.5 Å². The Hall–Kier alpha value is -2.82. The lowest BCUT2D eigenvalue weighted by Crippen LogP contribution is -2.32. The summed E-state index contributed by atoms with van der Waals surface area (Å²) >= 11 is 0. The molecule has 1 N–H and O–H groups in total. The van der Waals surface area contributed by atoms with Crippen LogP contribution in [0.15, 0.2) is 78.9 Å². The van der Waals surface area contributed by atoms with Crippen LogP contribution >= 0.6 is 0 Å². The molecule has 4 atom stereocenters. The van der Waals surface area contributed by atoms with Gasteiger partial charge in [-0.05, 0) is 23.3 Å². The molecular formula is C24H24O4. The summed E-state index contributed by atoms with van der Waals surface area (Å²) < 4.78 is 18.1. The van der Waals surface area contributed by atoms with Gasteiger partial charge in [0.15, 0.2) is 17.8 Å². The Kier molecular flexibility index (Phi) is 5.33. The lowest BCUT2D eigenvalue weighted by Gasteiger charge is -2.41. The number of benzene rings is 3. The molecule has 0 aromatic heterocycles. The van der Waals surface area contributed by atoms with E-state index in [1.54, 1.807) is 13.2 Å². The molecule has 0 aliphatic carbocycles. The second-order valence-electron chi connectivity index (χ2n) is 7.06. The van der Waals surface area contributed by atoms with Crippen LogP contribution in [0.2, 0.25) is 0 Å². The van der Waals surface area contributed by atoms with Gasteiger partial charge in [-0.1, -0.05) is 73.7 Å². The number of phenolic OH excluding ortho intramolecular Hbond substituents is 1. The monoisotopic (exact) mass is 376 g/mol. The van der Waals surface area contributed by atoms with Gasteiger partial charge in [-0.3, -0.25) is 0 Å². The Bertz CT molecular complexity index is 910. The summed E-state index contributed by atoms with van der Waals surface area (Å²) in [4.78, 5) is 0. The molecule has 144 valence electrons. The average Bonchev–Trinajstić information content (AvgIpc) is 2.75. The van der Waals surface area contributed by atoms with Crippen LogP contribution in [0.25, 0.3) is 0 Å². The van der Waals surface area contributed by atoms with Gasteiger partial charge in [-0.15, -0.1) is 0 Å². The molecule has 28 heavy (non-hydrogen) atoms. The summed E-state index contributed by atoms with van der Waals surface area (Å²) in [7, 11) is 1.55. The molecule has 0 radical (unpaired) electrons. The van der Waals surface area contributed by atoms with Crippen molar-refractivity contribution in [3.05, 3.63) is 95.6 Å². The number of aromatic hydroxyl groups is 1. The van der Waals surface area contributed by atoms with E-state index >= 15 is 0 Å². The second-order valence-corrected chi connectivity index (χ2v) is 7.06. The zero-order valence-corrected chi connectivity index (χ0v) is 16.0. The Balaban J connectivity index is 1.73. The number of rotatable bonds is 4. The maximum atomic E-state index is 9.97. The third kappa shape index (κ3) is 3.61. The molecule has 3 aromatic rings. The molecule has 3 aromatic carbocycles. The number of hydrogen-bond acceptors (Lipinski definition) is 4. The molecule has 4 nitrogen and oxygen atoms in total. The lowest BCUT2D eigenvalue weighted by atomic mass is 9.87. The van der Waals surface area contributed by atoms with E-state index in [9.17, 15) is 5.11 Å². The van der Waals surface area contributed by atoms with E-state index in [0.717, 1.165) is 16.7 Å². The van der Waals surface area contributed by atoms with Gasteiger partial charge in [-0.2, -0.15) is 0 Å². The maximum absolute atomic E-state index is 9.97. The molecule has 0 spiro atoms. The topological polar surface area (TPSA) is 47.9 Å². The van der Waals surface area contributed by atoms with E-state index in [0.29, 0.717) is 5.75 Å². The quantitative estimate of drug-likeness (QED) is 0.647. The van der Waals surface area contributed by atoms with Crippen molar-refractivity contribution in [3.8, 4) is 11.5 Å². The van der Waals surface area contributed by atoms with Gasteiger partial charge in [0.05, 0.1) is 19.3 Å². The van der Waals surface area contributed by atoms with Gasteiger partial charge in [0.25, 0.3) is 0 Å². The molecule has 1 fully saturated rings. The highest BCUT2D eigenvalue weighted by Crippen LogP contribution is 2.48. The third-order valence-corrected chi connectivity index (χ3v) is 5.23. The van der Waals surface area contributed by atoms with E-state index < -0.39 is 6.29 Å². The SMILES string of the molecule is COc1cc([C@@H]2O[C@H](c3ccccc3)O[C@H](c3ccccc3)[C@H]2C)ccc1O. The van der Waals surface area contributed by atoms with Crippen LogP contribution in [0.1, 0.15) is 42.1 Å². The van der Waals surface area contributed by atoms with Crippen molar-refractivity contribution in [2.45, 2.75) is 25.4 Å². The lowest BCUT2D eigenvalue weighted by molar-refractivity contribution is -0.277. The minimum atomic E-state index is -0.479. The summed E-state index contributed by atoms with van der Waals surface area (Å²) in [5, 5.41) is 9.97. The summed E-state index contributed by atoms with van der Waals surface area (Å²) in [5.74, 6) is 0.620. The fourth-order valence-electron chi connectivity index (χ4n) is 3.75. The van der Waals surface area contributed by atoms with Crippen molar-refractivity contribution in [2.24, 2.45) is 5.92 Å².